The number of esters is 1. The molecule has 0 radical (unpaired) electrons. The van der Waals surface area contributed by atoms with Crippen LogP contribution in [0.1, 0.15) is 52.4 Å². The average molecular weight is 452 g/mol. The van der Waals surface area contributed by atoms with Crippen molar-refractivity contribution in [3.63, 3.8) is 0 Å². The first kappa shape index (κ1) is 20.7. The first-order chi connectivity index (χ1) is 11.1. The molecule has 1 saturated carbocycles. The van der Waals surface area contributed by atoms with Gasteiger partial charge in [0.1, 0.15) is 0 Å². The van der Waals surface area contributed by atoms with E-state index in [-0.39, 0.29) is 21.1 Å². The first-order valence-corrected chi connectivity index (χ1v) is 10.8. The van der Waals surface area contributed by atoms with Crippen LogP contribution in [0.15, 0.2) is 32.9 Å². The summed E-state index contributed by atoms with van der Waals surface area (Å²) < 4.78 is 8.95. The fourth-order valence-corrected chi connectivity index (χ4v) is 5.63. The molecular formula is C17H27BrNO3Se+. The van der Waals surface area contributed by atoms with Gasteiger partial charge in [-0.1, -0.05) is 13.8 Å². The van der Waals surface area contributed by atoms with E-state index < -0.39 is 5.60 Å². The van der Waals surface area contributed by atoms with Crippen molar-refractivity contribution in [2.45, 2.75) is 58.0 Å². The fraction of sp³-hybridized carbons (Fsp3) is 0.588. The first-order valence-electron chi connectivity index (χ1n) is 8.13. The van der Waals surface area contributed by atoms with Gasteiger partial charge in [-0.3, -0.25) is 0 Å². The zero-order valence-corrected chi connectivity index (χ0v) is 17.4. The molecule has 0 unspecified atom stereocenters. The van der Waals surface area contributed by atoms with E-state index in [9.17, 15) is 9.90 Å². The van der Waals surface area contributed by atoms with E-state index in [0.29, 0.717) is 12.0 Å². The second-order valence-electron chi connectivity index (χ2n) is 5.29. The van der Waals surface area contributed by atoms with Gasteiger partial charge < -0.3 is 0 Å². The molecule has 3 N–H and O–H groups in total. The van der Waals surface area contributed by atoms with Crippen molar-refractivity contribution in [2.24, 2.45) is 0 Å². The molecule has 0 aromatic carbocycles. The van der Waals surface area contributed by atoms with Crippen molar-refractivity contribution in [3.8, 4) is 0 Å². The molecule has 23 heavy (non-hydrogen) atoms. The number of carbonyl (C=O) groups is 1. The van der Waals surface area contributed by atoms with Crippen LogP contribution in [0.3, 0.4) is 0 Å². The number of hydrogen-bond donors (Lipinski definition) is 2. The number of allylic oxidation sites excluding steroid dienone is 2. The van der Waals surface area contributed by atoms with Crippen LogP contribution < -0.4 is 4.33 Å². The summed E-state index contributed by atoms with van der Waals surface area (Å²) in [6.45, 7) is 4.00. The number of nitrogens with two attached hydrogens (primary N) is 1. The molecule has 1 aliphatic carbocycles. The van der Waals surface area contributed by atoms with Gasteiger partial charge in [0.05, 0.1) is 0 Å². The maximum absolute atomic E-state index is 11.7. The Morgan fingerprint density at radius 1 is 1.35 bits per heavy atom. The van der Waals surface area contributed by atoms with Gasteiger partial charge in [-0.05, 0) is 0 Å². The molecular weight excluding hydrogens is 425 g/mol. The Balaban J connectivity index is 0.00000127. The molecule has 4 nitrogen and oxygen atoms in total. The Labute approximate surface area is 153 Å². The van der Waals surface area contributed by atoms with E-state index in [1.54, 1.807) is 6.08 Å². The molecule has 1 fully saturated rings. The molecule has 0 aromatic rings. The minimum atomic E-state index is -0.676. The van der Waals surface area contributed by atoms with Gasteiger partial charge in [-0.2, -0.15) is 0 Å². The third-order valence-corrected chi connectivity index (χ3v) is 7.55. The summed E-state index contributed by atoms with van der Waals surface area (Å²) in [5.74, 6) is -0.327. The van der Waals surface area contributed by atoms with Gasteiger partial charge in [0.15, 0.2) is 0 Å². The molecule has 2 rings (SSSR count). The monoisotopic (exact) mass is 452 g/mol. The number of carbonyl (C=O) groups excluding carboxylic acids is 1. The van der Waals surface area contributed by atoms with Crippen molar-refractivity contribution in [1.82, 2.24) is 0 Å². The molecule has 2 aliphatic rings. The molecule has 130 valence electrons. The van der Waals surface area contributed by atoms with Crippen molar-refractivity contribution < 1.29 is 19.0 Å². The molecule has 0 amide bonds. The summed E-state index contributed by atoms with van der Waals surface area (Å²) in [5, 5.41) is 11.0. The summed E-state index contributed by atoms with van der Waals surface area (Å²) in [7, 11) is 1.39. The van der Waals surface area contributed by atoms with E-state index in [4.69, 9.17) is 4.74 Å². The van der Waals surface area contributed by atoms with E-state index in [1.807, 2.05) is 26.1 Å². The van der Waals surface area contributed by atoms with E-state index >= 15 is 0 Å². The van der Waals surface area contributed by atoms with Gasteiger partial charge in [-0.15, -0.1) is 0 Å². The molecule has 1 heterocycles. The second-order valence-corrected chi connectivity index (χ2v) is 8.17. The van der Waals surface area contributed by atoms with E-state index in [1.165, 1.54) is 13.5 Å². The quantitative estimate of drug-likeness (QED) is 0.500. The number of halogens is 1. The number of methoxy groups -OCH3 is 1. The molecule has 0 saturated heterocycles. The third-order valence-electron chi connectivity index (χ3n) is 3.81. The molecule has 1 aliphatic heterocycles. The Morgan fingerprint density at radius 2 is 2.00 bits per heavy atom. The normalized spacial score (nSPS) is 28.0. The minimum absolute atomic E-state index is 0.0842. The van der Waals surface area contributed by atoms with Crippen LogP contribution in [0.25, 0.3) is 0 Å². The van der Waals surface area contributed by atoms with Crippen molar-refractivity contribution >= 4 is 37.1 Å². The molecule has 0 aromatic heterocycles. The average Bonchev–Trinajstić information content (AvgIpc) is 2.67. The number of rotatable bonds is 2. The Morgan fingerprint density at radius 3 is 2.61 bits per heavy atom. The zero-order chi connectivity index (χ0) is 17.3. The predicted octanol–water partition coefficient (Wildman–Crippen LogP) is 2.51. The van der Waals surface area contributed by atoms with E-state index in [0.717, 1.165) is 34.6 Å². The number of aliphatic hydroxyl groups is 1. The Kier molecular flexibility index (Phi) is 9.40. The molecule has 0 spiro atoms. The number of ether oxygens (including phenoxy) is 1. The molecule has 0 atom stereocenters. The van der Waals surface area contributed by atoms with Crippen LogP contribution in [-0.2, 0) is 9.53 Å². The number of quaternary nitrogens is 1. The summed E-state index contributed by atoms with van der Waals surface area (Å²) in [5.41, 5.74) is -0.122. The van der Waals surface area contributed by atoms with Crippen molar-refractivity contribution in [2.75, 3.05) is 7.11 Å². The summed E-state index contributed by atoms with van der Waals surface area (Å²) in [4.78, 5) is 11.7. The van der Waals surface area contributed by atoms with Crippen LogP contribution in [-0.4, -0.2) is 39.0 Å². The van der Waals surface area contributed by atoms with Gasteiger partial charge in [0.2, 0.25) is 0 Å². The third kappa shape index (κ3) is 5.87. The van der Waals surface area contributed by atoms with Gasteiger partial charge in [-0.25, -0.2) is 0 Å². The van der Waals surface area contributed by atoms with Crippen molar-refractivity contribution in [1.29, 1.82) is 0 Å². The van der Waals surface area contributed by atoms with Gasteiger partial charge in [0, 0.05) is 0 Å². The summed E-state index contributed by atoms with van der Waals surface area (Å²) in [6.07, 6.45) is 11.2. The number of hydrogen-bond acceptors (Lipinski definition) is 3. The topological polar surface area (TPSA) is 63.1 Å². The molecule has 0 bridgehead atoms. The van der Waals surface area contributed by atoms with Crippen LogP contribution >= 0.6 is 15.9 Å². The van der Waals surface area contributed by atoms with Gasteiger partial charge >= 0.3 is 140 Å². The fourth-order valence-electron chi connectivity index (χ4n) is 2.67. The predicted molar refractivity (Wildman–Crippen MR) is 96.9 cm³/mol. The Hall–Kier alpha value is -0.391. The summed E-state index contributed by atoms with van der Waals surface area (Å²) >= 11 is 3.72. The van der Waals surface area contributed by atoms with Gasteiger partial charge in [0.25, 0.3) is 0 Å². The maximum atomic E-state index is 11.7. The van der Waals surface area contributed by atoms with Crippen LogP contribution in [0.5, 0.6) is 0 Å². The van der Waals surface area contributed by atoms with Crippen LogP contribution in [0.4, 0.5) is 0 Å². The standard InChI is InChI=1S/C15H20BrNO3Se.C2H6/c1-20-14(18)11-5-6-12(16)13(21-17-10-7-11)15(19)8-3-2-4-9-15;1-2/h5,7,10,17,19H,2-4,6,8-9H2,1H3;1-2H3/p+1/b10-7-,11-5+,13-12+;. The Bertz CT molecular complexity index is 494. The van der Waals surface area contributed by atoms with Crippen LogP contribution in [0, 0.1) is 0 Å². The summed E-state index contributed by atoms with van der Waals surface area (Å²) in [6, 6.07) is 0. The second kappa shape index (κ2) is 10.5. The SMILES string of the molecule is CC.COC(=O)C1=C/C/C(Br)=C(/C2(O)CCCCC2)[Se][NH2+]/C=C\1. The zero-order valence-electron chi connectivity index (χ0n) is 14.1. The van der Waals surface area contributed by atoms with E-state index in [2.05, 4.69) is 20.3 Å². The van der Waals surface area contributed by atoms with Crippen LogP contribution in [0.2, 0.25) is 0 Å². The molecule has 6 heteroatoms. The van der Waals surface area contributed by atoms with Crippen molar-refractivity contribution in [3.05, 3.63) is 32.9 Å².